The number of aromatic nitrogens is 3. The van der Waals surface area contributed by atoms with Crippen LogP contribution in [0.1, 0.15) is 24.4 Å². The van der Waals surface area contributed by atoms with Crippen molar-refractivity contribution < 1.29 is 14.0 Å². The number of hydrogen-bond donors (Lipinski definition) is 2. The molecule has 2 rings (SSSR count). The summed E-state index contributed by atoms with van der Waals surface area (Å²) in [4.78, 5) is 26.7. The highest BCUT2D eigenvalue weighted by atomic mass is 32.1. The van der Waals surface area contributed by atoms with Crippen molar-refractivity contribution in [1.82, 2.24) is 20.5 Å². The van der Waals surface area contributed by atoms with Crippen molar-refractivity contribution in [3.63, 3.8) is 0 Å². The van der Waals surface area contributed by atoms with Gasteiger partial charge in [0.25, 0.3) is 0 Å². The summed E-state index contributed by atoms with van der Waals surface area (Å²) < 4.78 is 5.13. The third kappa shape index (κ3) is 4.12. The molecular formula is C11H13N5O3S. The highest BCUT2D eigenvalue weighted by molar-refractivity contribution is 7.13. The largest absolute Gasteiger partial charge is 0.424 e. The summed E-state index contributed by atoms with van der Waals surface area (Å²) in [5.74, 6) is 0.407. The summed E-state index contributed by atoms with van der Waals surface area (Å²) in [5.41, 5.74) is 0.595. The monoisotopic (exact) mass is 295 g/mol. The molecule has 0 fully saturated rings. The molecule has 2 aromatic rings. The lowest BCUT2D eigenvalue weighted by Gasteiger charge is -2.00. The number of thiazole rings is 1. The number of amides is 2. The van der Waals surface area contributed by atoms with Gasteiger partial charge in [0.05, 0.1) is 18.7 Å². The molecular weight excluding hydrogens is 282 g/mol. The van der Waals surface area contributed by atoms with Crippen molar-refractivity contribution in [2.75, 3.05) is 5.32 Å². The second kappa shape index (κ2) is 6.24. The van der Waals surface area contributed by atoms with Crippen LogP contribution in [0.2, 0.25) is 0 Å². The summed E-state index contributed by atoms with van der Waals surface area (Å²) in [5, 5.41) is 14.8. The van der Waals surface area contributed by atoms with E-state index in [9.17, 15) is 9.59 Å². The Kier molecular flexibility index (Phi) is 4.41. The van der Waals surface area contributed by atoms with Gasteiger partial charge in [-0.1, -0.05) is 0 Å². The maximum atomic E-state index is 11.7. The molecule has 0 aliphatic rings. The van der Waals surface area contributed by atoms with Crippen LogP contribution in [0.15, 0.2) is 9.80 Å². The Balaban J connectivity index is 1.82. The molecule has 0 saturated heterocycles. The molecule has 0 spiro atoms. The Bertz CT molecular complexity index is 621. The molecule has 2 amide bonds. The van der Waals surface area contributed by atoms with Crippen LogP contribution in [0.4, 0.5) is 5.13 Å². The van der Waals surface area contributed by atoms with Crippen LogP contribution in [0.25, 0.3) is 0 Å². The van der Waals surface area contributed by atoms with Gasteiger partial charge in [-0.15, -0.1) is 21.5 Å². The lowest BCUT2D eigenvalue weighted by Crippen LogP contribution is -2.24. The van der Waals surface area contributed by atoms with Crippen LogP contribution < -0.4 is 10.6 Å². The fraction of sp³-hybridized carbons (Fsp3) is 0.364. The first-order valence-electron chi connectivity index (χ1n) is 5.80. The SMILES string of the molecule is CC(=O)Nc1nc(CC(=O)NCc2nnc(C)o2)cs1. The first-order chi connectivity index (χ1) is 9.52. The normalized spacial score (nSPS) is 10.3. The van der Waals surface area contributed by atoms with Gasteiger partial charge in [0.1, 0.15) is 0 Å². The first-order valence-corrected chi connectivity index (χ1v) is 6.68. The molecule has 9 heteroatoms. The average Bonchev–Trinajstić information content (AvgIpc) is 2.95. The van der Waals surface area contributed by atoms with Gasteiger partial charge in [-0.25, -0.2) is 4.98 Å². The fourth-order valence-electron chi connectivity index (χ4n) is 1.41. The summed E-state index contributed by atoms with van der Waals surface area (Å²) >= 11 is 1.27. The van der Waals surface area contributed by atoms with Crippen molar-refractivity contribution >= 4 is 28.3 Å². The molecule has 0 unspecified atom stereocenters. The van der Waals surface area contributed by atoms with Gasteiger partial charge in [-0.3, -0.25) is 9.59 Å². The van der Waals surface area contributed by atoms with Gasteiger partial charge < -0.3 is 15.1 Å². The van der Waals surface area contributed by atoms with Crippen LogP contribution in [0.3, 0.4) is 0 Å². The summed E-state index contributed by atoms with van der Waals surface area (Å²) in [6.07, 6.45) is 0.128. The molecule has 0 aromatic carbocycles. The molecule has 0 aliphatic carbocycles. The van der Waals surface area contributed by atoms with E-state index in [2.05, 4.69) is 25.8 Å². The molecule has 2 aromatic heterocycles. The Morgan fingerprint density at radius 2 is 2.20 bits per heavy atom. The summed E-state index contributed by atoms with van der Waals surface area (Å²) in [6.45, 7) is 3.26. The van der Waals surface area contributed by atoms with E-state index >= 15 is 0 Å². The number of carbonyl (C=O) groups excluding carboxylic acids is 2. The second-order valence-corrected chi connectivity index (χ2v) is 4.85. The second-order valence-electron chi connectivity index (χ2n) is 3.99. The van der Waals surface area contributed by atoms with Crippen molar-refractivity contribution in [2.45, 2.75) is 26.8 Å². The van der Waals surface area contributed by atoms with Crippen LogP contribution in [-0.4, -0.2) is 27.0 Å². The van der Waals surface area contributed by atoms with Crippen LogP contribution in [-0.2, 0) is 22.6 Å². The molecule has 0 bridgehead atoms. The Morgan fingerprint density at radius 1 is 1.40 bits per heavy atom. The number of nitrogens with zero attached hydrogens (tertiary/aromatic N) is 3. The topological polar surface area (TPSA) is 110 Å². The van der Waals surface area contributed by atoms with E-state index in [-0.39, 0.29) is 24.8 Å². The van der Waals surface area contributed by atoms with Crippen molar-refractivity contribution in [3.05, 3.63) is 22.9 Å². The number of rotatable bonds is 5. The van der Waals surface area contributed by atoms with E-state index < -0.39 is 0 Å². The minimum Gasteiger partial charge on any atom is -0.424 e. The van der Waals surface area contributed by atoms with Crippen molar-refractivity contribution in [3.8, 4) is 0 Å². The molecule has 0 radical (unpaired) electrons. The zero-order valence-electron chi connectivity index (χ0n) is 11.0. The van der Waals surface area contributed by atoms with Crippen molar-refractivity contribution in [2.24, 2.45) is 0 Å². The van der Waals surface area contributed by atoms with Gasteiger partial charge in [0, 0.05) is 19.2 Å². The highest BCUT2D eigenvalue weighted by Gasteiger charge is 2.10. The van der Waals surface area contributed by atoms with Crippen LogP contribution in [0.5, 0.6) is 0 Å². The number of aryl methyl sites for hydroxylation is 1. The summed E-state index contributed by atoms with van der Waals surface area (Å²) in [7, 11) is 0. The van der Waals surface area contributed by atoms with Gasteiger partial charge >= 0.3 is 0 Å². The highest BCUT2D eigenvalue weighted by Crippen LogP contribution is 2.15. The van der Waals surface area contributed by atoms with Gasteiger partial charge in [0.15, 0.2) is 5.13 Å². The van der Waals surface area contributed by atoms with Gasteiger partial charge in [-0.05, 0) is 0 Å². The number of nitrogens with one attached hydrogen (secondary N) is 2. The Morgan fingerprint density at radius 3 is 2.85 bits per heavy atom. The number of hydrogen-bond acceptors (Lipinski definition) is 7. The molecule has 20 heavy (non-hydrogen) atoms. The number of carbonyl (C=O) groups is 2. The number of anilines is 1. The zero-order valence-corrected chi connectivity index (χ0v) is 11.8. The van der Waals surface area contributed by atoms with Crippen LogP contribution >= 0.6 is 11.3 Å². The standard InChI is InChI=1S/C11H13N5O3S/c1-6(17)13-11-14-8(5-20-11)3-9(18)12-4-10-16-15-7(2)19-10/h5H,3-4H2,1-2H3,(H,12,18)(H,13,14,17). The van der Waals surface area contributed by atoms with E-state index in [0.29, 0.717) is 22.6 Å². The van der Waals surface area contributed by atoms with E-state index in [1.165, 1.54) is 18.3 Å². The molecule has 8 nitrogen and oxygen atoms in total. The quantitative estimate of drug-likeness (QED) is 0.838. The summed E-state index contributed by atoms with van der Waals surface area (Å²) in [6, 6.07) is 0. The lowest BCUT2D eigenvalue weighted by molar-refractivity contribution is -0.120. The third-order valence-electron chi connectivity index (χ3n) is 2.18. The minimum atomic E-state index is -0.208. The molecule has 0 atom stereocenters. The van der Waals surface area contributed by atoms with E-state index in [4.69, 9.17) is 4.42 Å². The van der Waals surface area contributed by atoms with Crippen LogP contribution in [0, 0.1) is 6.92 Å². The Hall–Kier alpha value is -2.29. The third-order valence-corrected chi connectivity index (χ3v) is 2.99. The fourth-order valence-corrected chi connectivity index (χ4v) is 2.16. The van der Waals surface area contributed by atoms with E-state index in [1.807, 2.05) is 0 Å². The predicted molar refractivity (Wildman–Crippen MR) is 71.0 cm³/mol. The smallest absolute Gasteiger partial charge is 0.235 e. The Labute approximate surface area is 118 Å². The van der Waals surface area contributed by atoms with E-state index in [1.54, 1.807) is 12.3 Å². The zero-order chi connectivity index (χ0) is 14.5. The first kappa shape index (κ1) is 14.1. The van der Waals surface area contributed by atoms with Crippen molar-refractivity contribution in [1.29, 1.82) is 0 Å². The maximum absolute atomic E-state index is 11.7. The molecule has 2 N–H and O–H groups in total. The van der Waals surface area contributed by atoms with Gasteiger partial charge in [0.2, 0.25) is 23.6 Å². The molecule has 0 saturated carbocycles. The van der Waals surface area contributed by atoms with Gasteiger partial charge in [-0.2, -0.15) is 0 Å². The lowest BCUT2D eigenvalue weighted by atomic mass is 10.3. The average molecular weight is 295 g/mol. The minimum absolute atomic E-state index is 0.128. The molecule has 106 valence electrons. The molecule has 0 aliphatic heterocycles. The molecule has 2 heterocycles. The van der Waals surface area contributed by atoms with E-state index in [0.717, 1.165) is 0 Å². The maximum Gasteiger partial charge on any atom is 0.235 e. The predicted octanol–water partition coefficient (Wildman–Crippen LogP) is 0.652.